The van der Waals surface area contributed by atoms with E-state index in [4.69, 9.17) is 0 Å². The van der Waals surface area contributed by atoms with Crippen molar-refractivity contribution in [1.82, 2.24) is 10.2 Å². The highest BCUT2D eigenvalue weighted by atomic mass is 15.3. The third kappa shape index (κ3) is 0.634. The lowest BCUT2D eigenvalue weighted by Gasteiger charge is -2.21. The molecule has 2 heterocycles. The molecule has 3 atom stereocenters. The van der Waals surface area contributed by atoms with Gasteiger partial charge >= 0.3 is 0 Å². The van der Waals surface area contributed by atoms with Gasteiger partial charge in [0.25, 0.3) is 0 Å². The maximum Gasteiger partial charge on any atom is 0.0259 e. The van der Waals surface area contributed by atoms with Crippen molar-refractivity contribution in [2.24, 2.45) is 5.92 Å². The summed E-state index contributed by atoms with van der Waals surface area (Å²) in [5.41, 5.74) is 0. The average molecular weight is 126 g/mol. The van der Waals surface area contributed by atoms with Crippen LogP contribution in [0.15, 0.2) is 0 Å². The van der Waals surface area contributed by atoms with E-state index >= 15 is 0 Å². The Morgan fingerprint density at radius 3 is 2.56 bits per heavy atom. The molecule has 2 bridgehead atoms. The van der Waals surface area contributed by atoms with Gasteiger partial charge in [-0.05, 0) is 13.0 Å². The van der Waals surface area contributed by atoms with Gasteiger partial charge in [0, 0.05) is 25.2 Å². The summed E-state index contributed by atoms with van der Waals surface area (Å²) in [7, 11) is 2.22. The van der Waals surface area contributed by atoms with Crippen molar-refractivity contribution >= 4 is 0 Å². The lowest BCUT2D eigenvalue weighted by atomic mass is 10.0. The molecule has 2 aliphatic rings. The fraction of sp³-hybridized carbons (Fsp3) is 1.00. The highest BCUT2D eigenvalue weighted by Gasteiger charge is 2.41. The summed E-state index contributed by atoms with van der Waals surface area (Å²) in [5, 5.41) is 3.49. The molecule has 52 valence electrons. The number of hydrogen-bond acceptors (Lipinski definition) is 2. The first-order chi connectivity index (χ1) is 4.29. The lowest BCUT2D eigenvalue weighted by Crippen LogP contribution is -2.41. The second-order valence-electron chi connectivity index (χ2n) is 3.38. The minimum atomic E-state index is 0.792. The van der Waals surface area contributed by atoms with Crippen LogP contribution in [0.4, 0.5) is 0 Å². The summed E-state index contributed by atoms with van der Waals surface area (Å²) in [6.07, 6.45) is 0. The number of likely N-dealkylation sites (N-methyl/N-ethyl adjacent to an activating group) is 1. The Balaban J connectivity index is 2.16. The monoisotopic (exact) mass is 126 g/mol. The van der Waals surface area contributed by atoms with Gasteiger partial charge in [-0.2, -0.15) is 0 Å². The molecule has 2 aliphatic heterocycles. The zero-order valence-electron chi connectivity index (χ0n) is 6.09. The highest BCUT2D eigenvalue weighted by molar-refractivity contribution is 5.00. The summed E-state index contributed by atoms with van der Waals surface area (Å²) in [6, 6.07) is 1.62. The molecule has 1 N–H and O–H groups in total. The summed E-state index contributed by atoms with van der Waals surface area (Å²) < 4.78 is 0. The van der Waals surface area contributed by atoms with Crippen molar-refractivity contribution in [2.75, 3.05) is 20.1 Å². The number of fused-ring (bicyclic) bond motifs is 2. The first-order valence-electron chi connectivity index (χ1n) is 3.72. The molecule has 1 unspecified atom stereocenters. The van der Waals surface area contributed by atoms with E-state index in [0.29, 0.717) is 0 Å². The molecule has 0 spiro atoms. The van der Waals surface area contributed by atoms with Gasteiger partial charge in [-0.15, -0.1) is 0 Å². The molecule has 2 heteroatoms. The third-order valence-corrected chi connectivity index (χ3v) is 2.88. The molecule has 0 aromatic carbocycles. The van der Waals surface area contributed by atoms with Crippen LogP contribution in [0.2, 0.25) is 0 Å². The van der Waals surface area contributed by atoms with Crippen molar-refractivity contribution in [2.45, 2.75) is 19.0 Å². The maximum atomic E-state index is 3.49. The Kier molecular flexibility index (Phi) is 1.08. The number of piperazine rings is 1. The van der Waals surface area contributed by atoms with Gasteiger partial charge in [-0.3, -0.25) is 0 Å². The van der Waals surface area contributed by atoms with E-state index in [0.717, 1.165) is 18.0 Å². The van der Waals surface area contributed by atoms with Gasteiger partial charge < -0.3 is 10.2 Å². The fourth-order valence-electron chi connectivity index (χ4n) is 2.15. The Labute approximate surface area is 56.2 Å². The molecule has 0 radical (unpaired) electrons. The zero-order valence-corrected chi connectivity index (χ0v) is 6.09. The average Bonchev–Trinajstić information content (AvgIpc) is 2.25. The molecule has 0 aromatic heterocycles. The fourth-order valence-corrected chi connectivity index (χ4v) is 2.15. The number of likely N-dealkylation sites (tertiary alicyclic amines) is 1. The van der Waals surface area contributed by atoms with E-state index in [1.807, 2.05) is 0 Å². The maximum absolute atomic E-state index is 3.49. The smallest absolute Gasteiger partial charge is 0.0259 e. The second-order valence-corrected chi connectivity index (χ2v) is 3.38. The number of rotatable bonds is 0. The summed E-state index contributed by atoms with van der Waals surface area (Å²) in [4.78, 5) is 2.46. The van der Waals surface area contributed by atoms with Crippen LogP contribution in [0.5, 0.6) is 0 Å². The number of hydrogen-bond donors (Lipinski definition) is 1. The predicted octanol–water partition coefficient (Wildman–Crippen LogP) is -0.0917. The number of nitrogens with one attached hydrogen (secondary N) is 1. The van der Waals surface area contributed by atoms with Gasteiger partial charge in [-0.25, -0.2) is 0 Å². The molecule has 2 rings (SSSR count). The van der Waals surface area contributed by atoms with Crippen molar-refractivity contribution in [3.05, 3.63) is 0 Å². The minimum absolute atomic E-state index is 0.792. The van der Waals surface area contributed by atoms with Crippen molar-refractivity contribution in [3.8, 4) is 0 Å². The minimum Gasteiger partial charge on any atom is -0.311 e. The molecule has 2 nitrogen and oxygen atoms in total. The quantitative estimate of drug-likeness (QED) is 0.488. The van der Waals surface area contributed by atoms with Crippen molar-refractivity contribution in [1.29, 1.82) is 0 Å². The van der Waals surface area contributed by atoms with Crippen molar-refractivity contribution in [3.63, 3.8) is 0 Å². The molecule has 0 aliphatic carbocycles. The van der Waals surface area contributed by atoms with Crippen LogP contribution < -0.4 is 5.32 Å². The Morgan fingerprint density at radius 1 is 1.56 bits per heavy atom. The van der Waals surface area contributed by atoms with Gasteiger partial charge in [0.05, 0.1) is 0 Å². The Hall–Kier alpha value is -0.0800. The van der Waals surface area contributed by atoms with E-state index < -0.39 is 0 Å². The first kappa shape index (κ1) is 5.69. The van der Waals surface area contributed by atoms with Gasteiger partial charge in [-0.1, -0.05) is 6.92 Å². The summed E-state index contributed by atoms with van der Waals surface area (Å²) >= 11 is 0. The predicted molar refractivity (Wildman–Crippen MR) is 37.4 cm³/mol. The first-order valence-corrected chi connectivity index (χ1v) is 3.72. The summed E-state index contributed by atoms with van der Waals surface area (Å²) in [5.74, 6) is 0.884. The third-order valence-electron chi connectivity index (χ3n) is 2.88. The highest BCUT2D eigenvalue weighted by Crippen LogP contribution is 2.27. The van der Waals surface area contributed by atoms with Crippen LogP contribution in [0.3, 0.4) is 0 Å². The van der Waals surface area contributed by atoms with Crippen LogP contribution in [0.25, 0.3) is 0 Å². The normalized spacial score (nSPS) is 50.7. The second kappa shape index (κ2) is 1.70. The molecule has 0 saturated carbocycles. The van der Waals surface area contributed by atoms with E-state index in [2.05, 4.69) is 24.2 Å². The van der Waals surface area contributed by atoms with Gasteiger partial charge in [0.15, 0.2) is 0 Å². The van der Waals surface area contributed by atoms with E-state index in [1.54, 1.807) is 0 Å². The molecular weight excluding hydrogens is 112 g/mol. The number of nitrogens with zero attached hydrogens (tertiary/aromatic N) is 1. The van der Waals surface area contributed by atoms with E-state index in [-0.39, 0.29) is 0 Å². The van der Waals surface area contributed by atoms with Crippen LogP contribution in [-0.2, 0) is 0 Å². The van der Waals surface area contributed by atoms with Crippen LogP contribution >= 0.6 is 0 Å². The molecule has 2 fully saturated rings. The largest absolute Gasteiger partial charge is 0.311 e. The molecule has 2 saturated heterocycles. The zero-order chi connectivity index (χ0) is 6.43. The molecular formula is C7H14N2. The topological polar surface area (TPSA) is 15.3 Å². The van der Waals surface area contributed by atoms with Crippen LogP contribution in [-0.4, -0.2) is 37.1 Å². The van der Waals surface area contributed by atoms with E-state index in [1.165, 1.54) is 13.1 Å². The standard InChI is InChI=1S/C7H14N2/c1-5-6-4-9(2)7(5)3-8-6/h5-8H,3-4H2,1-2H3/t5-,6?,7+/m1/s1. The van der Waals surface area contributed by atoms with Crippen LogP contribution in [0, 0.1) is 5.92 Å². The summed E-state index contributed by atoms with van der Waals surface area (Å²) in [6.45, 7) is 4.81. The Morgan fingerprint density at radius 2 is 2.33 bits per heavy atom. The van der Waals surface area contributed by atoms with Crippen molar-refractivity contribution < 1.29 is 0 Å². The Bertz CT molecular complexity index is 124. The van der Waals surface area contributed by atoms with Crippen LogP contribution in [0.1, 0.15) is 6.92 Å². The molecule has 9 heavy (non-hydrogen) atoms. The van der Waals surface area contributed by atoms with Gasteiger partial charge in [0.2, 0.25) is 0 Å². The SMILES string of the molecule is C[C@@H]1C2CN(C)[C@H]1CN2. The van der Waals surface area contributed by atoms with Gasteiger partial charge in [0.1, 0.15) is 0 Å². The van der Waals surface area contributed by atoms with E-state index in [9.17, 15) is 0 Å². The lowest BCUT2D eigenvalue weighted by molar-refractivity contribution is 0.267. The molecule has 0 aromatic rings. The molecule has 0 amide bonds.